The van der Waals surface area contributed by atoms with Gasteiger partial charge in [-0.05, 0) is 73.9 Å². The second-order valence-electron chi connectivity index (χ2n) is 11.9. The molecule has 4 atom stereocenters. The summed E-state index contributed by atoms with van der Waals surface area (Å²) in [5, 5.41) is 3.09. The van der Waals surface area contributed by atoms with Gasteiger partial charge in [-0.3, -0.25) is 14.4 Å². The van der Waals surface area contributed by atoms with E-state index in [-0.39, 0.29) is 23.6 Å². The minimum atomic E-state index is -1.35. The minimum Gasteiger partial charge on any atom is -0.491 e. The van der Waals surface area contributed by atoms with E-state index < -0.39 is 23.4 Å². The van der Waals surface area contributed by atoms with Crippen molar-refractivity contribution < 1.29 is 19.1 Å². The average molecular weight is 569 g/mol. The molecule has 0 aliphatic carbocycles. The fraction of sp³-hybridized carbons (Fsp3) is 0.216. The summed E-state index contributed by atoms with van der Waals surface area (Å²) < 4.78 is 5.83. The fourth-order valence-corrected chi connectivity index (χ4v) is 7.21. The first-order valence-electron chi connectivity index (χ1n) is 14.7. The van der Waals surface area contributed by atoms with E-state index in [2.05, 4.69) is 5.32 Å². The molecule has 3 heterocycles. The highest BCUT2D eigenvalue weighted by Crippen LogP contribution is 2.62. The Labute approximate surface area is 251 Å². The van der Waals surface area contributed by atoms with Crippen LogP contribution >= 0.6 is 0 Å². The Morgan fingerprint density at radius 1 is 0.837 bits per heavy atom. The number of ketones is 2. The molecule has 4 aromatic rings. The Morgan fingerprint density at radius 3 is 2.23 bits per heavy atom. The lowest BCUT2D eigenvalue weighted by Gasteiger charge is -2.38. The van der Waals surface area contributed by atoms with E-state index in [9.17, 15) is 14.4 Å². The van der Waals surface area contributed by atoms with Crippen LogP contribution in [0.15, 0.2) is 103 Å². The van der Waals surface area contributed by atoms with E-state index in [1.807, 2.05) is 111 Å². The minimum absolute atomic E-state index is 0.0161. The number of hydrogen-bond donors (Lipinski definition) is 1. The van der Waals surface area contributed by atoms with Gasteiger partial charge in [-0.15, -0.1) is 0 Å². The van der Waals surface area contributed by atoms with Gasteiger partial charge in [0, 0.05) is 23.0 Å². The third-order valence-corrected chi connectivity index (χ3v) is 8.97. The molecular formula is C37H32N2O4. The van der Waals surface area contributed by atoms with Crippen LogP contribution in [0.25, 0.3) is 6.08 Å². The summed E-state index contributed by atoms with van der Waals surface area (Å²) >= 11 is 0. The number of carbonyl (C=O) groups is 3. The van der Waals surface area contributed by atoms with Crippen LogP contribution in [0.1, 0.15) is 62.9 Å². The largest absolute Gasteiger partial charge is 0.491 e. The highest BCUT2D eigenvalue weighted by molar-refractivity contribution is 6.16. The molecule has 1 fully saturated rings. The monoisotopic (exact) mass is 568 g/mol. The van der Waals surface area contributed by atoms with Crippen molar-refractivity contribution in [3.63, 3.8) is 0 Å². The lowest BCUT2D eigenvalue weighted by Crippen LogP contribution is -2.49. The molecule has 214 valence electrons. The molecule has 0 saturated carbocycles. The summed E-state index contributed by atoms with van der Waals surface area (Å²) in [6.07, 6.45) is 3.85. The van der Waals surface area contributed by atoms with Crippen molar-refractivity contribution >= 4 is 29.2 Å². The number of carbonyl (C=O) groups excluding carboxylic acids is 3. The molecule has 1 spiro atoms. The maximum Gasteiger partial charge on any atom is 0.238 e. The van der Waals surface area contributed by atoms with Gasteiger partial charge in [-0.2, -0.15) is 0 Å². The Morgan fingerprint density at radius 2 is 1.49 bits per heavy atom. The van der Waals surface area contributed by atoms with Crippen molar-refractivity contribution in [1.82, 2.24) is 4.90 Å². The number of hydrogen-bond acceptors (Lipinski definition) is 5. The van der Waals surface area contributed by atoms with Gasteiger partial charge >= 0.3 is 0 Å². The Hall–Kier alpha value is -4.97. The number of anilines is 1. The molecule has 7 rings (SSSR count). The smallest absolute Gasteiger partial charge is 0.238 e. The molecule has 1 amide bonds. The van der Waals surface area contributed by atoms with Crippen molar-refractivity contribution in [2.24, 2.45) is 5.92 Å². The van der Waals surface area contributed by atoms with E-state index in [1.54, 1.807) is 24.3 Å². The van der Waals surface area contributed by atoms with Gasteiger partial charge in [-0.25, -0.2) is 0 Å². The number of benzene rings is 4. The number of amides is 1. The first-order valence-corrected chi connectivity index (χ1v) is 14.7. The fourth-order valence-electron chi connectivity index (χ4n) is 7.21. The highest BCUT2D eigenvalue weighted by Gasteiger charge is 2.70. The summed E-state index contributed by atoms with van der Waals surface area (Å²) in [5.41, 5.74) is 3.88. The molecule has 1 saturated heterocycles. The number of nitrogens with one attached hydrogen (secondary N) is 1. The third-order valence-electron chi connectivity index (χ3n) is 8.97. The predicted octanol–water partition coefficient (Wildman–Crippen LogP) is 6.76. The molecule has 3 aliphatic heterocycles. The molecule has 1 N–H and O–H groups in total. The zero-order valence-corrected chi connectivity index (χ0v) is 24.3. The lowest BCUT2D eigenvalue weighted by atomic mass is 9.62. The van der Waals surface area contributed by atoms with Crippen LogP contribution in [-0.4, -0.2) is 34.5 Å². The second kappa shape index (κ2) is 10.1. The summed E-state index contributed by atoms with van der Waals surface area (Å²) in [6, 6.07) is 28.4. The van der Waals surface area contributed by atoms with E-state index >= 15 is 0 Å². The van der Waals surface area contributed by atoms with Crippen molar-refractivity contribution in [3.8, 4) is 5.75 Å². The number of nitrogens with zero attached hydrogens (tertiary/aromatic N) is 1. The van der Waals surface area contributed by atoms with Crippen LogP contribution in [0.2, 0.25) is 0 Å². The summed E-state index contributed by atoms with van der Waals surface area (Å²) in [6.45, 7) is 5.86. The van der Waals surface area contributed by atoms with E-state index in [0.717, 1.165) is 22.3 Å². The zero-order valence-electron chi connectivity index (χ0n) is 24.3. The van der Waals surface area contributed by atoms with E-state index in [1.165, 1.54) is 0 Å². The summed E-state index contributed by atoms with van der Waals surface area (Å²) in [4.78, 5) is 46.1. The molecule has 0 unspecified atom stereocenters. The van der Waals surface area contributed by atoms with Gasteiger partial charge < -0.3 is 15.0 Å². The average Bonchev–Trinajstić information content (AvgIpc) is 3.49. The number of para-hydroxylation sites is 1. The van der Waals surface area contributed by atoms with Crippen LogP contribution in [0.3, 0.4) is 0 Å². The molecular weight excluding hydrogens is 536 g/mol. The Balaban J connectivity index is 1.48. The number of rotatable bonds is 6. The molecule has 6 heteroatoms. The third kappa shape index (κ3) is 4.04. The quantitative estimate of drug-likeness (QED) is 0.260. The SMILES string of the molecule is Cc1ccc(C(=O)[C@@H]2[C@H](C(=O)c3ccc(OC(C)C)cc3)[C@@]3(C(=O)Nc4ccccc43)[C@@H]3c4ccccc4C=CN23)cc1. The summed E-state index contributed by atoms with van der Waals surface area (Å²) in [5.74, 6) is -1.08. The molecule has 6 nitrogen and oxygen atoms in total. The highest BCUT2D eigenvalue weighted by atomic mass is 16.5. The number of ether oxygens (including phenoxy) is 1. The first kappa shape index (κ1) is 26.9. The van der Waals surface area contributed by atoms with Gasteiger partial charge in [0.25, 0.3) is 0 Å². The maximum absolute atomic E-state index is 14.9. The van der Waals surface area contributed by atoms with Crippen LogP contribution in [0.5, 0.6) is 5.75 Å². The molecule has 0 bridgehead atoms. The zero-order chi connectivity index (χ0) is 29.9. The molecule has 3 aliphatic rings. The van der Waals surface area contributed by atoms with Crippen LogP contribution in [-0.2, 0) is 10.2 Å². The van der Waals surface area contributed by atoms with Gasteiger partial charge in [0.2, 0.25) is 5.91 Å². The van der Waals surface area contributed by atoms with Crippen LogP contribution < -0.4 is 10.1 Å². The van der Waals surface area contributed by atoms with E-state index in [0.29, 0.717) is 22.6 Å². The lowest BCUT2D eigenvalue weighted by molar-refractivity contribution is -0.122. The maximum atomic E-state index is 14.9. The van der Waals surface area contributed by atoms with Gasteiger partial charge in [0.1, 0.15) is 17.2 Å². The standard InChI is InChI=1S/C37H32N2O4/c1-22(2)43-27-18-16-25(17-19-27)33(40)31-32(34(41)26-14-12-23(3)13-15-26)39-21-20-24-8-4-5-9-28(24)35(39)37(31)29-10-6-7-11-30(29)38-36(37)42/h4-22,31-32,35H,1-3H3,(H,38,42)/t31-,32+,35+,37-/m1/s1. The van der Waals surface area contributed by atoms with Crippen molar-refractivity contribution in [3.05, 3.63) is 137 Å². The summed E-state index contributed by atoms with van der Waals surface area (Å²) in [7, 11) is 0. The van der Waals surface area contributed by atoms with E-state index in [4.69, 9.17) is 4.74 Å². The molecule has 0 radical (unpaired) electrons. The van der Waals surface area contributed by atoms with Crippen molar-refractivity contribution in [2.45, 2.75) is 44.4 Å². The van der Waals surface area contributed by atoms with Crippen molar-refractivity contribution in [1.29, 1.82) is 0 Å². The van der Waals surface area contributed by atoms with Gasteiger partial charge in [0.15, 0.2) is 11.6 Å². The Bertz CT molecular complexity index is 1790. The van der Waals surface area contributed by atoms with Gasteiger partial charge in [-0.1, -0.05) is 72.3 Å². The number of aryl methyl sites for hydroxylation is 1. The molecule has 0 aromatic heterocycles. The van der Waals surface area contributed by atoms with Crippen molar-refractivity contribution in [2.75, 3.05) is 5.32 Å². The first-order chi connectivity index (χ1) is 20.8. The Kier molecular flexibility index (Phi) is 6.31. The number of fused-ring (bicyclic) bond motifs is 6. The van der Waals surface area contributed by atoms with Crippen LogP contribution in [0.4, 0.5) is 5.69 Å². The second-order valence-corrected chi connectivity index (χ2v) is 11.9. The predicted molar refractivity (Wildman–Crippen MR) is 166 cm³/mol. The molecule has 4 aromatic carbocycles. The topological polar surface area (TPSA) is 75.7 Å². The van der Waals surface area contributed by atoms with Crippen LogP contribution in [0, 0.1) is 12.8 Å². The molecule has 43 heavy (non-hydrogen) atoms. The van der Waals surface area contributed by atoms with Gasteiger partial charge in [0.05, 0.1) is 18.1 Å². The number of Topliss-reactive ketones (excluding diaryl/α,β-unsaturated/α-hetero) is 2. The normalized spacial score (nSPS) is 23.1.